The summed E-state index contributed by atoms with van der Waals surface area (Å²) in [7, 11) is 1.45. The molecular weight excluding hydrogens is 176 g/mol. The molecule has 1 unspecified atom stereocenters. The standard InChI is InChI=1S/C8H14O5/c1-3-13-8(11)6(7(9)10)4-5-12-2/h6H,3-5H2,1-2H3,(H,9,10). The van der Waals surface area contributed by atoms with Crippen LogP contribution in [0.3, 0.4) is 0 Å². The SMILES string of the molecule is CCOC(=O)C(CCOC)C(=O)O. The molecule has 0 radical (unpaired) electrons. The van der Waals surface area contributed by atoms with Crippen LogP contribution in [-0.4, -0.2) is 37.4 Å². The highest BCUT2D eigenvalue weighted by Crippen LogP contribution is 2.06. The van der Waals surface area contributed by atoms with E-state index in [4.69, 9.17) is 5.11 Å². The van der Waals surface area contributed by atoms with Gasteiger partial charge in [0.15, 0.2) is 5.92 Å². The third-order valence-corrected chi connectivity index (χ3v) is 1.48. The molecule has 0 aliphatic carbocycles. The van der Waals surface area contributed by atoms with Crippen LogP contribution in [0.1, 0.15) is 13.3 Å². The van der Waals surface area contributed by atoms with Crippen molar-refractivity contribution in [2.75, 3.05) is 20.3 Å². The number of rotatable bonds is 6. The molecule has 0 spiro atoms. The van der Waals surface area contributed by atoms with Crippen LogP contribution in [0.25, 0.3) is 0 Å². The molecule has 13 heavy (non-hydrogen) atoms. The first-order valence-corrected chi connectivity index (χ1v) is 4.01. The fourth-order valence-corrected chi connectivity index (χ4v) is 0.821. The molecule has 0 saturated heterocycles. The summed E-state index contributed by atoms with van der Waals surface area (Å²) in [4.78, 5) is 21.6. The van der Waals surface area contributed by atoms with Crippen molar-refractivity contribution in [1.29, 1.82) is 0 Å². The Morgan fingerprint density at radius 2 is 2.08 bits per heavy atom. The second-order valence-electron chi connectivity index (χ2n) is 2.42. The summed E-state index contributed by atoms with van der Waals surface area (Å²) in [5.41, 5.74) is 0. The lowest BCUT2D eigenvalue weighted by Gasteiger charge is -2.09. The topological polar surface area (TPSA) is 72.8 Å². The first-order chi connectivity index (χ1) is 6.13. The number of carbonyl (C=O) groups is 2. The largest absolute Gasteiger partial charge is 0.481 e. The molecule has 5 nitrogen and oxygen atoms in total. The summed E-state index contributed by atoms with van der Waals surface area (Å²) >= 11 is 0. The predicted octanol–water partition coefficient (Wildman–Crippen LogP) is 0.287. The first-order valence-electron chi connectivity index (χ1n) is 4.01. The van der Waals surface area contributed by atoms with Crippen molar-refractivity contribution in [1.82, 2.24) is 0 Å². The fraction of sp³-hybridized carbons (Fsp3) is 0.750. The van der Waals surface area contributed by atoms with Gasteiger partial charge >= 0.3 is 11.9 Å². The van der Waals surface area contributed by atoms with E-state index in [9.17, 15) is 9.59 Å². The van der Waals surface area contributed by atoms with E-state index in [1.54, 1.807) is 6.92 Å². The third kappa shape index (κ3) is 4.47. The second kappa shape index (κ2) is 6.42. The number of aliphatic carboxylic acids is 1. The zero-order chi connectivity index (χ0) is 10.3. The average Bonchev–Trinajstić information content (AvgIpc) is 2.05. The number of ether oxygens (including phenoxy) is 2. The summed E-state index contributed by atoms with van der Waals surface area (Å²) in [5.74, 6) is -2.98. The molecule has 0 aromatic heterocycles. The molecule has 0 aromatic rings. The first kappa shape index (κ1) is 11.9. The van der Waals surface area contributed by atoms with Crippen molar-refractivity contribution in [3.05, 3.63) is 0 Å². The number of carbonyl (C=O) groups excluding carboxylic acids is 1. The van der Waals surface area contributed by atoms with Crippen LogP contribution in [0.4, 0.5) is 0 Å². The number of carboxylic acids is 1. The molecular formula is C8H14O5. The Balaban J connectivity index is 4.07. The number of esters is 1. The summed E-state index contributed by atoms with van der Waals surface area (Å²) in [5, 5.41) is 8.64. The highest BCUT2D eigenvalue weighted by molar-refractivity contribution is 5.93. The molecule has 0 aliphatic rings. The number of carboxylic acid groups (broad SMARTS) is 1. The van der Waals surface area contributed by atoms with Gasteiger partial charge in [0.2, 0.25) is 0 Å². The van der Waals surface area contributed by atoms with Gasteiger partial charge in [-0.2, -0.15) is 0 Å². The maximum Gasteiger partial charge on any atom is 0.320 e. The van der Waals surface area contributed by atoms with E-state index in [1.807, 2.05) is 0 Å². The van der Waals surface area contributed by atoms with Crippen LogP contribution in [0.15, 0.2) is 0 Å². The quantitative estimate of drug-likeness (QED) is 0.481. The van der Waals surface area contributed by atoms with E-state index >= 15 is 0 Å². The van der Waals surface area contributed by atoms with Crippen LogP contribution in [0.5, 0.6) is 0 Å². The molecule has 5 heteroatoms. The molecule has 0 fully saturated rings. The molecule has 0 heterocycles. The van der Waals surface area contributed by atoms with Gasteiger partial charge in [-0.05, 0) is 13.3 Å². The minimum atomic E-state index is -1.17. The summed E-state index contributed by atoms with van der Waals surface area (Å²) < 4.78 is 9.27. The van der Waals surface area contributed by atoms with E-state index in [1.165, 1.54) is 7.11 Å². The van der Waals surface area contributed by atoms with E-state index in [0.717, 1.165) is 0 Å². The van der Waals surface area contributed by atoms with Gasteiger partial charge in [-0.25, -0.2) is 0 Å². The summed E-state index contributed by atoms with van der Waals surface area (Å²) in [6.45, 7) is 2.05. The van der Waals surface area contributed by atoms with Crippen LogP contribution >= 0.6 is 0 Å². The second-order valence-corrected chi connectivity index (χ2v) is 2.42. The summed E-state index contributed by atoms with van der Waals surface area (Å²) in [6, 6.07) is 0. The molecule has 0 bridgehead atoms. The van der Waals surface area contributed by atoms with Crippen molar-refractivity contribution >= 4 is 11.9 Å². The Labute approximate surface area is 76.6 Å². The minimum absolute atomic E-state index is 0.144. The van der Waals surface area contributed by atoms with Crippen molar-refractivity contribution < 1.29 is 24.2 Å². The molecule has 0 amide bonds. The summed E-state index contributed by atoms with van der Waals surface area (Å²) in [6.07, 6.45) is 0.144. The van der Waals surface area contributed by atoms with Crippen molar-refractivity contribution in [2.45, 2.75) is 13.3 Å². The average molecular weight is 190 g/mol. The Bertz CT molecular complexity index is 177. The maximum atomic E-state index is 11.0. The number of methoxy groups -OCH3 is 1. The number of hydrogen-bond donors (Lipinski definition) is 1. The molecule has 1 atom stereocenters. The van der Waals surface area contributed by atoms with Gasteiger partial charge in [-0.3, -0.25) is 9.59 Å². The molecule has 0 saturated carbocycles. The Hall–Kier alpha value is -1.10. The van der Waals surface area contributed by atoms with Crippen molar-refractivity contribution in [3.8, 4) is 0 Å². The third-order valence-electron chi connectivity index (χ3n) is 1.48. The fourth-order valence-electron chi connectivity index (χ4n) is 0.821. The molecule has 0 aromatic carbocycles. The lowest BCUT2D eigenvalue weighted by molar-refractivity contribution is -0.159. The van der Waals surface area contributed by atoms with E-state index < -0.39 is 17.9 Å². The van der Waals surface area contributed by atoms with Gasteiger partial charge in [0.25, 0.3) is 0 Å². The Kier molecular flexibility index (Phi) is 5.88. The zero-order valence-corrected chi connectivity index (χ0v) is 7.78. The predicted molar refractivity (Wildman–Crippen MR) is 44.3 cm³/mol. The van der Waals surface area contributed by atoms with Crippen molar-refractivity contribution in [3.63, 3.8) is 0 Å². The lowest BCUT2D eigenvalue weighted by atomic mass is 10.1. The van der Waals surface area contributed by atoms with Gasteiger partial charge < -0.3 is 14.6 Å². The molecule has 1 N–H and O–H groups in total. The van der Waals surface area contributed by atoms with E-state index in [2.05, 4.69) is 9.47 Å². The van der Waals surface area contributed by atoms with E-state index in [-0.39, 0.29) is 19.6 Å². The smallest absolute Gasteiger partial charge is 0.320 e. The van der Waals surface area contributed by atoms with Gasteiger partial charge in [-0.15, -0.1) is 0 Å². The highest BCUT2D eigenvalue weighted by Gasteiger charge is 2.26. The zero-order valence-electron chi connectivity index (χ0n) is 7.78. The number of hydrogen-bond acceptors (Lipinski definition) is 4. The van der Waals surface area contributed by atoms with Gasteiger partial charge in [0.1, 0.15) is 0 Å². The van der Waals surface area contributed by atoms with Crippen LogP contribution in [0, 0.1) is 5.92 Å². The highest BCUT2D eigenvalue weighted by atomic mass is 16.5. The molecule has 0 rings (SSSR count). The normalized spacial score (nSPS) is 12.2. The lowest BCUT2D eigenvalue weighted by Crippen LogP contribution is -2.27. The Morgan fingerprint density at radius 3 is 2.46 bits per heavy atom. The van der Waals surface area contributed by atoms with Gasteiger partial charge in [0, 0.05) is 13.7 Å². The van der Waals surface area contributed by atoms with Crippen LogP contribution in [0.2, 0.25) is 0 Å². The maximum absolute atomic E-state index is 11.0. The Morgan fingerprint density at radius 1 is 1.46 bits per heavy atom. The van der Waals surface area contributed by atoms with Gasteiger partial charge in [-0.1, -0.05) is 0 Å². The van der Waals surface area contributed by atoms with E-state index in [0.29, 0.717) is 0 Å². The van der Waals surface area contributed by atoms with Crippen LogP contribution in [-0.2, 0) is 19.1 Å². The molecule has 76 valence electrons. The van der Waals surface area contributed by atoms with Gasteiger partial charge in [0.05, 0.1) is 6.61 Å². The van der Waals surface area contributed by atoms with Crippen LogP contribution < -0.4 is 0 Å². The molecule has 0 aliphatic heterocycles. The van der Waals surface area contributed by atoms with Crippen molar-refractivity contribution in [2.24, 2.45) is 5.92 Å². The monoisotopic (exact) mass is 190 g/mol. The minimum Gasteiger partial charge on any atom is -0.481 e.